The van der Waals surface area contributed by atoms with Crippen molar-refractivity contribution in [2.45, 2.75) is 32.1 Å². The highest BCUT2D eigenvalue weighted by atomic mass is 35.5. The number of anilines is 1. The molecule has 1 aromatic carbocycles. The summed E-state index contributed by atoms with van der Waals surface area (Å²) in [5, 5.41) is 3.96. The van der Waals surface area contributed by atoms with Crippen LogP contribution in [-0.2, 0) is 4.79 Å². The van der Waals surface area contributed by atoms with Gasteiger partial charge in [0.2, 0.25) is 5.91 Å². The zero-order chi connectivity index (χ0) is 15.5. The molecule has 1 aliphatic carbocycles. The molecule has 0 radical (unpaired) electrons. The van der Waals surface area contributed by atoms with Crippen LogP contribution in [0.2, 0.25) is 10.0 Å². The van der Waals surface area contributed by atoms with Crippen molar-refractivity contribution in [2.24, 2.45) is 11.8 Å². The summed E-state index contributed by atoms with van der Waals surface area (Å²) in [6.45, 7) is 2.52. The molecule has 1 amide bonds. The van der Waals surface area contributed by atoms with Crippen LogP contribution in [0.25, 0.3) is 0 Å². The highest BCUT2D eigenvalue weighted by Gasteiger charge is 2.31. The molecule has 2 fully saturated rings. The smallest absolute Gasteiger partial charge is 0.238 e. The van der Waals surface area contributed by atoms with Crippen LogP contribution in [0.5, 0.6) is 0 Å². The lowest BCUT2D eigenvalue weighted by atomic mass is 9.75. The normalized spacial score (nSPS) is 25.5. The number of nitrogens with zero attached hydrogens (tertiary/aromatic N) is 1. The van der Waals surface area contributed by atoms with Gasteiger partial charge in [0.05, 0.1) is 17.3 Å². The Kier molecular flexibility index (Phi) is 5.27. The monoisotopic (exact) mass is 340 g/mol. The first kappa shape index (κ1) is 16.1. The second-order valence-corrected chi connectivity index (χ2v) is 7.34. The van der Waals surface area contributed by atoms with Crippen molar-refractivity contribution in [3.05, 3.63) is 28.2 Å². The van der Waals surface area contributed by atoms with Gasteiger partial charge in [-0.25, -0.2) is 0 Å². The predicted octanol–water partition coefficient (Wildman–Crippen LogP) is 4.44. The SMILES string of the molecule is O=C(CN1CC[C@@H]2CCCC[C@H]2C1)Nc1cc(Cl)ccc1Cl. The van der Waals surface area contributed by atoms with Gasteiger partial charge in [0, 0.05) is 11.6 Å². The molecule has 1 N–H and O–H groups in total. The quantitative estimate of drug-likeness (QED) is 0.881. The van der Waals surface area contributed by atoms with Crippen LogP contribution < -0.4 is 5.32 Å². The number of nitrogens with one attached hydrogen (secondary N) is 1. The summed E-state index contributed by atoms with van der Waals surface area (Å²) in [4.78, 5) is 14.5. The number of fused-ring (bicyclic) bond motifs is 1. The molecule has 120 valence electrons. The number of carbonyl (C=O) groups excluding carboxylic acids is 1. The van der Waals surface area contributed by atoms with Crippen LogP contribution in [0, 0.1) is 11.8 Å². The predicted molar refractivity (Wildman–Crippen MR) is 91.6 cm³/mol. The first-order chi connectivity index (χ1) is 10.6. The van der Waals surface area contributed by atoms with E-state index in [1.165, 1.54) is 32.1 Å². The number of hydrogen-bond donors (Lipinski definition) is 1. The summed E-state index contributed by atoms with van der Waals surface area (Å²) in [5.74, 6) is 1.65. The number of carbonyl (C=O) groups is 1. The average Bonchev–Trinajstić information content (AvgIpc) is 2.51. The van der Waals surface area contributed by atoms with Crippen molar-refractivity contribution < 1.29 is 4.79 Å². The minimum absolute atomic E-state index is 0.0153. The summed E-state index contributed by atoms with van der Waals surface area (Å²) in [7, 11) is 0. The largest absolute Gasteiger partial charge is 0.324 e. The lowest BCUT2D eigenvalue weighted by molar-refractivity contribution is -0.118. The lowest BCUT2D eigenvalue weighted by Crippen LogP contribution is -2.44. The Morgan fingerprint density at radius 2 is 1.95 bits per heavy atom. The van der Waals surface area contributed by atoms with Gasteiger partial charge in [-0.2, -0.15) is 0 Å². The molecular weight excluding hydrogens is 319 g/mol. The van der Waals surface area contributed by atoms with E-state index < -0.39 is 0 Å². The molecule has 1 aliphatic heterocycles. The molecule has 0 bridgehead atoms. The Balaban J connectivity index is 1.54. The molecule has 1 saturated heterocycles. The summed E-state index contributed by atoms with van der Waals surface area (Å²) in [6, 6.07) is 5.11. The fourth-order valence-corrected chi connectivity index (χ4v) is 4.14. The van der Waals surface area contributed by atoms with Gasteiger partial charge in [0.15, 0.2) is 0 Å². The zero-order valence-electron chi connectivity index (χ0n) is 12.7. The van der Waals surface area contributed by atoms with Gasteiger partial charge in [-0.3, -0.25) is 9.69 Å². The third kappa shape index (κ3) is 3.95. The highest BCUT2D eigenvalue weighted by Crippen LogP contribution is 2.36. The zero-order valence-corrected chi connectivity index (χ0v) is 14.2. The molecule has 1 heterocycles. The molecule has 0 unspecified atom stereocenters. The van der Waals surface area contributed by atoms with Crippen LogP contribution >= 0.6 is 23.2 Å². The first-order valence-electron chi connectivity index (χ1n) is 8.09. The standard InChI is InChI=1S/C17H22Cl2N2O/c18-14-5-6-15(19)16(9-14)20-17(22)11-21-8-7-12-3-1-2-4-13(12)10-21/h5-6,9,12-13H,1-4,7-8,10-11H2,(H,20,22)/t12-,13-/m0/s1. The van der Waals surface area contributed by atoms with Crippen molar-refractivity contribution in [3.8, 4) is 0 Å². The van der Waals surface area contributed by atoms with E-state index in [-0.39, 0.29) is 5.91 Å². The van der Waals surface area contributed by atoms with Crippen molar-refractivity contribution in [1.29, 1.82) is 0 Å². The van der Waals surface area contributed by atoms with Crippen molar-refractivity contribution >= 4 is 34.8 Å². The molecular formula is C17H22Cl2N2O. The molecule has 1 saturated carbocycles. The lowest BCUT2D eigenvalue weighted by Gasteiger charge is -2.41. The van der Waals surface area contributed by atoms with E-state index in [1.807, 2.05) is 0 Å². The molecule has 3 rings (SSSR count). The van der Waals surface area contributed by atoms with E-state index in [0.717, 1.165) is 24.9 Å². The number of benzene rings is 1. The van der Waals surface area contributed by atoms with Crippen LogP contribution in [0.15, 0.2) is 18.2 Å². The van der Waals surface area contributed by atoms with Gasteiger partial charge in [0.1, 0.15) is 0 Å². The topological polar surface area (TPSA) is 32.3 Å². The fraction of sp³-hybridized carbons (Fsp3) is 0.588. The first-order valence-corrected chi connectivity index (χ1v) is 8.84. The number of piperidine rings is 1. The Bertz CT molecular complexity index is 549. The van der Waals surface area contributed by atoms with E-state index in [0.29, 0.717) is 22.3 Å². The Morgan fingerprint density at radius 3 is 2.77 bits per heavy atom. The van der Waals surface area contributed by atoms with Gasteiger partial charge in [-0.05, 0) is 49.4 Å². The maximum atomic E-state index is 12.2. The van der Waals surface area contributed by atoms with E-state index in [2.05, 4.69) is 10.2 Å². The maximum Gasteiger partial charge on any atom is 0.238 e. The molecule has 2 aliphatic rings. The van der Waals surface area contributed by atoms with Gasteiger partial charge in [-0.1, -0.05) is 42.5 Å². The summed E-state index contributed by atoms with van der Waals surface area (Å²) in [5.41, 5.74) is 0.590. The fourth-order valence-electron chi connectivity index (χ4n) is 3.81. The molecule has 3 nitrogen and oxygen atoms in total. The molecule has 22 heavy (non-hydrogen) atoms. The Hall–Kier alpha value is -0.770. The third-order valence-corrected chi connectivity index (χ3v) is 5.51. The van der Waals surface area contributed by atoms with Crippen LogP contribution in [0.3, 0.4) is 0 Å². The third-order valence-electron chi connectivity index (χ3n) is 4.95. The number of hydrogen-bond acceptors (Lipinski definition) is 2. The summed E-state index contributed by atoms with van der Waals surface area (Å²) < 4.78 is 0. The van der Waals surface area contributed by atoms with E-state index >= 15 is 0 Å². The van der Waals surface area contributed by atoms with Crippen molar-refractivity contribution in [1.82, 2.24) is 4.90 Å². The summed E-state index contributed by atoms with van der Waals surface area (Å²) in [6.07, 6.45) is 6.66. The Labute approximate surface area is 142 Å². The van der Waals surface area contributed by atoms with Gasteiger partial charge in [0.25, 0.3) is 0 Å². The van der Waals surface area contributed by atoms with Crippen LogP contribution in [0.1, 0.15) is 32.1 Å². The molecule has 5 heteroatoms. The molecule has 0 aromatic heterocycles. The van der Waals surface area contributed by atoms with Gasteiger partial charge in [-0.15, -0.1) is 0 Å². The maximum absolute atomic E-state index is 12.2. The number of likely N-dealkylation sites (tertiary alicyclic amines) is 1. The highest BCUT2D eigenvalue weighted by molar-refractivity contribution is 6.35. The minimum atomic E-state index is -0.0153. The van der Waals surface area contributed by atoms with E-state index in [1.54, 1.807) is 18.2 Å². The van der Waals surface area contributed by atoms with Gasteiger partial charge < -0.3 is 5.32 Å². The van der Waals surface area contributed by atoms with Crippen molar-refractivity contribution in [3.63, 3.8) is 0 Å². The van der Waals surface area contributed by atoms with Crippen LogP contribution in [-0.4, -0.2) is 30.4 Å². The van der Waals surface area contributed by atoms with Gasteiger partial charge >= 0.3 is 0 Å². The second kappa shape index (κ2) is 7.20. The minimum Gasteiger partial charge on any atom is -0.324 e. The number of halogens is 2. The molecule has 2 atom stereocenters. The van der Waals surface area contributed by atoms with Crippen LogP contribution in [0.4, 0.5) is 5.69 Å². The van der Waals surface area contributed by atoms with E-state index in [9.17, 15) is 4.79 Å². The average molecular weight is 341 g/mol. The summed E-state index contributed by atoms with van der Waals surface area (Å²) >= 11 is 12.0. The molecule has 1 aromatic rings. The van der Waals surface area contributed by atoms with Crippen molar-refractivity contribution in [2.75, 3.05) is 25.0 Å². The van der Waals surface area contributed by atoms with E-state index in [4.69, 9.17) is 23.2 Å². The second-order valence-electron chi connectivity index (χ2n) is 6.50. The molecule has 0 spiro atoms. The Morgan fingerprint density at radius 1 is 1.18 bits per heavy atom. The number of rotatable bonds is 3. The number of amides is 1.